The Bertz CT molecular complexity index is 1350. The number of thioether (sulfide) groups is 1. The number of nitrogen functional groups attached to an aromatic ring is 1. The van der Waals surface area contributed by atoms with Crippen molar-refractivity contribution in [3.05, 3.63) is 48.0 Å². The van der Waals surface area contributed by atoms with Crippen LogP contribution in [0.25, 0.3) is 22.8 Å². The monoisotopic (exact) mass is 478 g/mol. The van der Waals surface area contributed by atoms with E-state index in [-0.39, 0.29) is 31.0 Å². The molecule has 0 spiro atoms. The Kier molecular flexibility index (Phi) is 5.84. The molecule has 1 amide bonds. The SMILES string of the molecule is CCc1ccc(NC(=O)Cn2nc(SC)c(-c3nc(-c4ccc5c(c4)OCO5)no3)c2N)cc1. The number of fused-ring (bicyclic) bond motifs is 1. The Morgan fingerprint density at radius 1 is 1.18 bits per heavy atom. The number of rotatable bonds is 7. The molecule has 0 bridgehead atoms. The predicted molar refractivity (Wildman–Crippen MR) is 128 cm³/mol. The molecule has 0 fully saturated rings. The average Bonchev–Trinajstić information content (AvgIpc) is 3.58. The highest BCUT2D eigenvalue weighted by atomic mass is 32.2. The van der Waals surface area contributed by atoms with E-state index in [0.717, 1.165) is 6.42 Å². The smallest absolute Gasteiger partial charge is 0.264 e. The second-order valence-corrected chi connectivity index (χ2v) is 8.31. The van der Waals surface area contributed by atoms with Gasteiger partial charge in [-0.25, -0.2) is 4.68 Å². The first-order valence-electron chi connectivity index (χ1n) is 10.6. The quantitative estimate of drug-likeness (QED) is 0.380. The molecule has 0 saturated heterocycles. The van der Waals surface area contributed by atoms with Crippen LogP contribution >= 0.6 is 11.8 Å². The van der Waals surface area contributed by atoms with Crippen LogP contribution in [0.2, 0.25) is 0 Å². The van der Waals surface area contributed by atoms with Gasteiger partial charge in [0.25, 0.3) is 5.89 Å². The number of nitrogens with zero attached hydrogens (tertiary/aromatic N) is 4. The second kappa shape index (κ2) is 9.10. The third-order valence-corrected chi connectivity index (χ3v) is 6.04. The van der Waals surface area contributed by atoms with Crippen LogP contribution in [0.1, 0.15) is 12.5 Å². The summed E-state index contributed by atoms with van der Waals surface area (Å²) in [6.45, 7) is 2.20. The summed E-state index contributed by atoms with van der Waals surface area (Å²) in [4.78, 5) is 17.1. The van der Waals surface area contributed by atoms with Crippen LogP contribution < -0.4 is 20.5 Å². The van der Waals surface area contributed by atoms with Crippen LogP contribution in [0, 0.1) is 0 Å². The van der Waals surface area contributed by atoms with Crippen molar-refractivity contribution in [3.8, 4) is 34.3 Å². The fourth-order valence-corrected chi connectivity index (χ4v) is 4.13. The molecule has 0 aliphatic carbocycles. The summed E-state index contributed by atoms with van der Waals surface area (Å²) in [7, 11) is 0. The highest BCUT2D eigenvalue weighted by molar-refractivity contribution is 7.98. The van der Waals surface area contributed by atoms with Crippen LogP contribution in [-0.2, 0) is 17.8 Å². The number of benzene rings is 2. The molecule has 0 saturated carbocycles. The Morgan fingerprint density at radius 3 is 2.74 bits per heavy atom. The minimum Gasteiger partial charge on any atom is -0.454 e. The lowest BCUT2D eigenvalue weighted by Gasteiger charge is -2.07. The summed E-state index contributed by atoms with van der Waals surface area (Å²) >= 11 is 1.37. The highest BCUT2D eigenvalue weighted by Gasteiger charge is 2.24. The summed E-state index contributed by atoms with van der Waals surface area (Å²) < 4.78 is 17.7. The van der Waals surface area contributed by atoms with E-state index in [1.54, 1.807) is 12.1 Å². The maximum Gasteiger partial charge on any atom is 0.264 e. The second-order valence-electron chi connectivity index (χ2n) is 7.52. The van der Waals surface area contributed by atoms with Gasteiger partial charge in [0.15, 0.2) is 11.5 Å². The van der Waals surface area contributed by atoms with Crippen LogP contribution in [0.5, 0.6) is 11.5 Å². The van der Waals surface area contributed by atoms with Crippen molar-refractivity contribution in [1.82, 2.24) is 19.9 Å². The van der Waals surface area contributed by atoms with Crippen LogP contribution in [0.15, 0.2) is 52.0 Å². The average molecular weight is 479 g/mol. The van der Waals surface area contributed by atoms with Gasteiger partial charge in [0.05, 0.1) is 0 Å². The Morgan fingerprint density at radius 2 is 1.97 bits per heavy atom. The Balaban J connectivity index is 1.37. The topological polar surface area (TPSA) is 130 Å². The summed E-state index contributed by atoms with van der Waals surface area (Å²) in [5.74, 6) is 1.90. The molecule has 174 valence electrons. The zero-order chi connectivity index (χ0) is 23.7. The number of nitrogens with two attached hydrogens (primary N) is 1. The van der Waals surface area contributed by atoms with Gasteiger partial charge in [0.2, 0.25) is 18.5 Å². The van der Waals surface area contributed by atoms with Crippen molar-refractivity contribution in [1.29, 1.82) is 0 Å². The van der Waals surface area contributed by atoms with Crippen molar-refractivity contribution in [3.63, 3.8) is 0 Å². The van der Waals surface area contributed by atoms with Crippen molar-refractivity contribution in [2.24, 2.45) is 0 Å². The van der Waals surface area contributed by atoms with Crippen molar-refractivity contribution < 1.29 is 18.8 Å². The van der Waals surface area contributed by atoms with E-state index in [4.69, 9.17) is 19.7 Å². The van der Waals surface area contributed by atoms with E-state index in [0.29, 0.717) is 39.2 Å². The number of amides is 1. The van der Waals surface area contributed by atoms with Gasteiger partial charge in [0, 0.05) is 11.3 Å². The van der Waals surface area contributed by atoms with Gasteiger partial charge in [-0.15, -0.1) is 11.8 Å². The zero-order valence-electron chi connectivity index (χ0n) is 18.6. The van der Waals surface area contributed by atoms with E-state index in [1.165, 1.54) is 22.0 Å². The fraction of sp³-hybridized carbons (Fsp3) is 0.217. The normalized spacial score (nSPS) is 12.2. The number of aromatic nitrogens is 4. The van der Waals surface area contributed by atoms with Crippen LogP contribution in [0.4, 0.5) is 11.5 Å². The van der Waals surface area contributed by atoms with Gasteiger partial charge in [0.1, 0.15) is 23.0 Å². The third-order valence-electron chi connectivity index (χ3n) is 5.36. The number of hydrogen-bond donors (Lipinski definition) is 2. The molecule has 3 N–H and O–H groups in total. The number of carbonyl (C=O) groups excluding carboxylic acids is 1. The third kappa shape index (κ3) is 4.17. The van der Waals surface area contributed by atoms with Gasteiger partial charge in [-0.05, 0) is 48.6 Å². The lowest BCUT2D eigenvalue weighted by molar-refractivity contribution is -0.116. The van der Waals surface area contributed by atoms with Gasteiger partial charge >= 0.3 is 0 Å². The Hall–Kier alpha value is -3.99. The van der Waals surface area contributed by atoms with Crippen molar-refractivity contribution in [2.75, 3.05) is 24.1 Å². The molecule has 0 atom stereocenters. The van der Waals surface area contributed by atoms with E-state index < -0.39 is 0 Å². The molecule has 1 aliphatic heterocycles. The zero-order valence-corrected chi connectivity index (χ0v) is 19.4. The van der Waals surface area contributed by atoms with Gasteiger partial charge in [-0.1, -0.05) is 24.2 Å². The summed E-state index contributed by atoms with van der Waals surface area (Å²) in [6, 6.07) is 13.1. The molecule has 3 heterocycles. The highest BCUT2D eigenvalue weighted by Crippen LogP contribution is 2.37. The first-order chi connectivity index (χ1) is 16.6. The maximum absolute atomic E-state index is 12.6. The number of anilines is 2. The Labute approximate surface area is 199 Å². The fourth-order valence-electron chi connectivity index (χ4n) is 3.55. The standard InChI is InChI=1S/C23H22N6O4S/c1-3-13-4-7-15(8-5-13)25-18(30)11-29-20(24)19(23(27-29)34-2)22-26-21(28-33-22)14-6-9-16-17(10-14)32-12-31-16/h4-10H,3,11-12,24H2,1-2H3,(H,25,30). The van der Waals surface area contributed by atoms with Crippen LogP contribution in [-0.4, -0.2) is 38.9 Å². The first-order valence-corrected chi connectivity index (χ1v) is 11.8. The number of ether oxygens (including phenoxy) is 2. The van der Waals surface area contributed by atoms with Gasteiger partial charge in [-0.3, -0.25) is 4.79 Å². The molecule has 11 heteroatoms. The minimum atomic E-state index is -0.246. The molecular formula is C23H22N6O4S. The molecule has 2 aromatic carbocycles. The van der Waals surface area contributed by atoms with Crippen molar-refractivity contribution >= 4 is 29.2 Å². The minimum absolute atomic E-state index is 0.0575. The van der Waals surface area contributed by atoms with E-state index in [9.17, 15) is 4.79 Å². The van der Waals surface area contributed by atoms with E-state index >= 15 is 0 Å². The molecule has 0 unspecified atom stereocenters. The number of nitrogens with one attached hydrogen (secondary N) is 1. The summed E-state index contributed by atoms with van der Waals surface area (Å²) in [5.41, 5.74) is 9.47. The van der Waals surface area contributed by atoms with E-state index in [1.807, 2.05) is 36.6 Å². The number of aryl methyl sites for hydroxylation is 1. The van der Waals surface area contributed by atoms with E-state index in [2.05, 4.69) is 27.5 Å². The molecular weight excluding hydrogens is 456 g/mol. The largest absolute Gasteiger partial charge is 0.454 e. The molecule has 4 aromatic rings. The van der Waals surface area contributed by atoms with Gasteiger partial charge < -0.3 is 25.0 Å². The lowest BCUT2D eigenvalue weighted by atomic mass is 10.1. The van der Waals surface area contributed by atoms with Gasteiger partial charge in [-0.2, -0.15) is 10.1 Å². The lowest BCUT2D eigenvalue weighted by Crippen LogP contribution is -2.20. The van der Waals surface area contributed by atoms with Crippen molar-refractivity contribution in [2.45, 2.75) is 24.9 Å². The molecule has 0 radical (unpaired) electrons. The predicted octanol–water partition coefficient (Wildman–Crippen LogP) is 3.83. The number of carbonyl (C=O) groups is 1. The summed E-state index contributed by atoms with van der Waals surface area (Å²) in [5, 5.41) is 12.0. The maximum atomic E-state index is 12.6. The molecule has 34 heavy (non-hydrogen) atoms. The number of hydrogen-bond acceptors (Lipinski definition) is 9. The molecule has 1 aliphatic rings. The molecule has 5 rings (SSSR count). The summed E-state index contributed by atoms with van der Waals surface area (Å²) in [6.07, 6.45) is 2.80. The molecule has 2 aromatic heterocycles. The molecule has 10 nitrogen and oxygen atoms in total. The van der Waals surface area contributed by atoms with Crippen LogP contribution in [0.3, 0.4) is 0 Å². The first kappa shape index (κ1) is 21.8.